The molecule has 0 amide bonds. The maximum Gasteiger partial charge on any atom is 0.0585 e. The Hall–Kier alpha value is -1.18. The van der Waals surface area contributed by atoms with Gasteiger partial charge in [-0.15, -0.1) is 0 Å². The van der Waals surface area contributed by atoms with E-state index < -0.39 is 0 Å². The number of hydrogen-bond acceptors (Lipinski definition) is 2. The lowest BCUT2D eigenvalue weighted by atomic mass is 9.85. The summed E-state index contributed by atoms with van der Waals surface area (Å²) in [6.45, 7) is 8.86. The summed E-state index contributed by atoms with van der Waals surface area (Å²) >= 11 is 0. The van der Waals surface area contributed by atoms with E-state index in [2.05, 4.69) is 33.8 Å². The Kier molecular flexibility index (Phi) is 4.22. The highest BCUT2D eigenvalue weighted by Gasteiger charge is 2.17. The number of rotatable bonds is 4. The third-order valence-electron chi connectivity index (χ3n) is 3.60. The minimum atomic E-state index is 0.479. The Morgan fingerprint density at radius 1 is 1.00 bits per heavy atom. The van der Waals surface area contributed by atoms with Gasteiger partial charge in [-0.2, -0.15) is 0 Å². The fraction of sp³-hybridized carbons (Fsp3) is 0.571. The number of benzene rings is 1. The van der Waals surface area contributed by atoms with Crippen molar-refractivity contribution in [3.05, 3.63) is 23.3 Å². The molecule has 4 N–H and O–H groups in total. The zero-order chi connectivity index (χ0) is 12.3. The maximum absolute atomic E-state index is 6.13. The molecule has 1 aromatic rings. The Morgan fingerprint density at radius 2 is 1.56 bits per heavy atom. The first-order chi connectivity index (χ1) is 7.52. The Labute approximate surface area is 99.0 Å². The maximum atomic E-state index is 6.13. The van der Waals surface area contributed by atoms with Crippen LogP contribution in [0.3, 0.4) is 0 Å². The third-order valence-corrected chi connectivity index (χ3v) is 3.60. The Morgan fingerprint density at radius 3 is 2.06 bits per heavy atom. The van der Waals surface area contributed by atoms with Gasteiger partial charge >= 0.3 is 0 Å². The predicted molar refractivity (Wildman–Crippen MR) is 72.7 cm³/mol. The van der Waals surface area contributed by atoms with Crippen LogP contribution in [0.5, 0.6) is 0 Å². The van der Waals surface area contributed by atoms with Crippen LogP contribution in [-0.4, -0.2) is 0 Å². The molecular weight excluding hydrogens is 196 g/mol. The van der Waals surface area contributed by atoms with E-state index in [1.54, 1.807) is 0 Å². The molecule has 90 valence electrons. The van der Waals surface area contributed by atoms with Crippen molar-refractivity contribution in [2.75, 3.05) is 11.5 Å². The first kappa shape index (κ1) is 12.9. The molecule has 2 heteroatoms. The van der Waals surface area contributed by atoms with Gasteiger partial charge in [0.15, 0.2) is 0 Å². The fourth-order valence-electron chi connectivity index (χ4n) is 2.07. The summed E-state index contributed by atoms with van der Waals surface area (Å²) in [5, 5.41) is 0. The first-order valence-corrected chi connectivity index (χ1v) is 6.20. The lowest BCUT2D eigenvalue weighted by molar-refractivity contribution is 0.679. The molecule has 0 heterocycles. The quantitative estimate of drug-likeness (QED) is 0.757. The molecule has 0 aliphatic rings. The fourth-order valence-corrected chi connectivity index (χ4v) is 2.07. The molecule has 2 unspecified atom stereocenters. The van der Waals surface area contributed by atoms with Crippen molar-refractivity contribution < 1.29 is 0 Å². The van der Waals surface area contributed by atoms with Crippen molar-refractivity contribution in [1.82, 2.24) is 0 Å². The van der Waals surface area contributed by atoms with Gasteiger partial charge in [0.1, 0.15) is 0 Å². The van der Waals surface area contributed by atoms with Crippen LogP contribution in [0.15, 0.2) is 12.1 Å². The van der Waals surface area contributed by atoms with Crippen LogP contribution < -0.4 is 11.5 Å². The summed E-state index contributed by atoms with van der Waals surface area (Å²) in [7, 11) is 0. The van der Waals surface area contributed by atoms with Crippen molar-refractivity contribution >= 4 is 11.4 Å². The Balaban J connectivity index is 3.32. The van der Waals surface area contributed by atoms with Gasteiger partial charge in [0, 0.05) is 0 Å². The number of nitrogen functional groups attached to an aromatic ring is 2. The summed E-state index contributed by atoms with van der Waals surface area (Å²) in [6.07, 6.45) is 2.23. The van der Waals surface area contributed by atoms with E-state index in [4.69, 9.17) is 11.5 Å². The number of nitrogens with two attached hydrogens (primary N) is 2. The van der Waals surface area contributed by atoms with Gasteiger partial charge < -0.3 is 11.5 Å². The van der Waals surface area contributed by atoms with E-state index in [0.29, 0.717) is 17.5 Å². The molecule has 1 rings (SSSR count). The molecule has 0 spiro atoms. The van der Waals surface area contributed by atoms with Gasteiger partial charge in [-0.3, -0.25) is 0 Å². The summed E-state index contributed by atoms with van der Waals surface area (Å²) in [6, 6.07) is 4.07. The Bertz CT molecular complexity index is 358. The summed E-state index contributed by atoms with van der Waals surface area (Å²) < 4.78 is 0. The second-order valence-corrected chi connectivity index (χ2v) is 4.69. The molecule has 0 saturated carbocycles. The van der Waals surface area contributed by atoms with Crippen LogP contribution in [0.2, 0.25) is 0 Å². The predicted octanol–water partition coefficient (Wildman–Crippen LogP) is 3.88. The molecule has 2 atom stereocenters. The third kappa shape index (κ3) is 2.31. The van der Waals surface area contributed by atoms with Gasteiger partial charge in [0.25, 0.3) is 0 Å². The average Bonchev–Trinajstić information content (AvgIpc) is 2.30. The van der Waals surface area contributed by atoms with Crippen molar-refractivity contribution in [1.29, 1.82) is 0 Å². The molecule has 0 fully saturated rings. The van der Waals surface area contributed by atoms with Gasteiger partial charge in [0.2, 0.25) is 0 Å². The molecule has 0 saturated heterocycles. The van der Waals surface area contributed by atoms with E-state index >= 15 is 0 Å². The van der Waals surface area contributed by atoms with E-state index in [-0.39, 0.29) is 0 Å². The topological polar surface area (TPSA) is 52.0 Å². The highest BCUT2D eigenvalue weighted by atomic mass is 14.7. The zero-order valence-corrected chi connectivity index (χ0v) is 10.9. The molecule has 0 radical (unpaired) electrons. The monoisotopic (exact) mass is 220 g/mol. The van der Waals surface area contributed by atoms with Crippen molar-refractivity contribution in [3.63, 3.8) is 0 Å². The normalized spacial score (nSPS) is 14.8. The van der Waals surface area contributed by atoms with Crippen LogP contribution >= 0.6 is 0 Å². The van der Waals surface area contributed by atoms with Gasteiger partial charge in [-0.25, -0.2) is 0 Å². The van der Waals surface area contributed by atoms with E-state index in [1.807, 2.05) is 6.07 Å². The van der Waals surface area contributed by atoms with Crippen LogP contribution in [-0.2, 0) is 0 Å². The molecule has 2 nitrogen and oxygen atoms in total. The minimum absolute atomic E-state index is 0.479. The molecule has 16 heavy (non-hydrogen) atoms. The molecule has 0 aliphatic heterocycles. The largest absolute Gasteiger partial charge is 0.397 e. The molecule has 0 aliphatic carbocycles. The highest BCUT2D eigenvalue weighted by molar-refractivity contribution is 5.70. The van der Waals surface area contributed by atoms with Crippen LogP contribution in [0.1, 0.15) is 63.5 Å². The smallest absolute Gasteiger partial charge is 0.0585 e. The number of anilines is 2. The van der Waals surface area contributed by atoms with Gasteiger partial charge in [0.05, 0.1) is 11.4 Å². The zero-order valence-electron chi connectivity index (χ0n) is 10.9. The summed E-state index contributed by atoms with van der Waals surface area (Å²) in [5.74, 6) is 1.03. The van der Waals surface area contributed by atoms with Gasteiger partial charge in [-0.1, -0.05) is 33.8 Å². The summed E-state index contributed by atoms with van der Waals surface area (Å²) in [5.41, 5.74) is 16.1. The van der Waals surface area contributed by atoms with Crippen LogP contribution in [0, 0.1) is 0 Å². The lowest BCUT2D eigenvalue weighted by Crippen LogP contribution is -2.08. The van der Waals surface area contributed by atoms with Crippen molar-refractivity contribution in [2.45, 2.75) is 52.4 Å². The standard InChI is InChI=1S/C14H24N2/c1-5-9(3)11-7-8-12(15)14(16)13(11)10(4)6-2/h7-10H,5-6,15-16H2,1-4H3. The summed E-state index contributed by atoms with van der Waals surface area (Å²) in [4.78, 5) is 0. The van der Waals surface area contributed by atoms with Crippen LogP contribution in [0.4, 0.5) is 11.4 Å². The van der Waals surface area contributed by atoms with Crippen LogP contribution in [0.25, 0.3) is 0 Å². The number of hydrogen-bond donors (Lipinski definition) is 2. The van der Waals surface area contributed by atoms with Crippen molar-refractivity contribution in [3.8, 4) is 0 Å². The van der Waals surface area contributed by atoms with E-state index in [1.165, 1.54) is 11.1 Å². The lowest BCUT2D eigenvalue weighted by Gasteiger charge is -2.22. The molecule has 0 bridgehead atoms. The molecular formula is C14H24N2. The second kappa shape index (κ2) is 5.24. The van der Waals surface area contributed by atoms with Crippen molar-refractivity contribution in [2.24, 2.45) is 0 Å². The molecule has 0 aromatic heterocycles. The minimum Gasteiger partial charge on any atom is -0.397 e. The SMILES string of the molecule is CCC(C)c1ccc(N)c(N)c1C(C)CC. The van der Waals surface area contributed by atoms with E-state index in [9.17, 15) is 0 Å². The van der Waals surface area contributed by atoms with Gasteiger partial charge in [-0.05, 0) is 41.9 Å². The highest BCUT2D eigenvalue weighted by Crippen LogP contribution is 2.36. The first-order valence-electron chi connectivity index (χ1n) is 6.20. The van der Waals surface area contributed by atoms with E-state index in [0.717, 1.165) is 18.5 Å². The molecule has 1 aromatic carbocycles. The average molecular weight is 220 g/mol. The second-order valence-electron chi connectivity index (χ2n) is 4.69.